The van der Waals surface area contributed by atoms with E-state index >= 15 is 0 Å². The molecule has 2 N–H and O–H groups in total. The Morgan fingerprint density at radius 3 is 2.48 bits per heavy atom. The zero-order valence-electron chi connectivity index (χ0n) is 14.7. The minimum absolute atomic E-state index is 0.0524. The van der Waals surface area contributed by atoms with E-state index in [1.807, 2.05) is 19.0 Å². The highest BCUT2D eigenvalue weighted by atomic mass is 35.5. The van der Waals surface area contributed by atoms with Gasteiger partial charge in [0.1, 0.15) is 11.1 Å². The summed E-state index contributed by atoms with van der Waals surface area (Å²) in [5.41, 5.74) is -0.284. The highest BCUT2D eigenvalue weighted by molar-refractivity contribution is 6.32. The topological polar surface area (TPSA) is 105 Å². The van der Waals surface area contributed by atoms with E-state index < -0.39 is 16.9 Å². The van der Waals surface area contributed by atoms with Crippen LogP contribution in [0.4, 0.5) is 5.69 Å². The van der Waals surface area contributed by atoms with E-state index in [1.165, 1.54) is 12.1 Å². The average Bonchev–Trinajstić information content (AvgIpc) is 2.51. The van der Waals surface area contributed by atoms with Gasteiger partial charge in [-0.2, -0.15) is 0 Å². The summed E-state index contributed by atoms with van der Waals surface area (Å²) in [4.78, 5) is 36.9. The summed E-state index contributed by atoms with van der Waals surface area (Å²) in [7, 11) is 3.78. The predicted molar refractivity (Wildman–Crippen MR) is 95.8 cm³/mol. The van der Waals surface area contributed by atoms with Crippen molar-refractivity contribution in [3.8, 4) is 0 Å². The first-order valence-electron chi connectivity index (χ1n) is 7.80. The smallest absolute Gasteiger partial charge is 0.288 e. The van der Waals surface area contributed by atoms with Gasteiger partial charge in [-0.1, -0.05) is 25.4 Å². The Balaban J connectivity index is 2.84. The van der Waals surface area contributed by atoms with Gasteiger partial charge < -0.3 is 15.5 Å². The molecule has 8 nitrogen and oxygen atoms in total. The van der Waals surface area contributed by atoms with Gasteiger partial charge in [0.2, 0.25) is 5.91 Å². The average molecular weight is 371 g/mol. The van der Waals surface area contributed by atoms with Crippen LogP contribution >= 0.6 is 11.6 Å². The van der Waals surface area contributed by atoms with E-state index in [9.17, 15) is 19.7 Å². The van der Waals surface area contributed by atoms with Gasteiger partial charge in [-0.25, -0.2) is 0 Å². The molecule has 0 bridgehead atoms. The summed E-state index contributed by atoms with van der Waals surface area (Å²) in [5.74, 6) is -1.01. The summed E-state index contributed by atoms with van der Waals surface area (Å²) in [5, 5.41) is 16.3. The number of benzene rings is 1. The normalized spacial score (nSPS) is 12.1. The Labute approximate surface area is 151 Å². The van der Waals surface area contributed by atoms with E-state index in [1.54, 1.807) is 13.8 Å². The van der Waals surface area contributed by atoms with Crippen molar-refractivity contribution >= 4 is 29.1 Å². The largest absolute Gasteiger partial charge is 0.353 e. The Morgan fingerprint density at radius 1 is 1.32 bits per heavy atom. The maximum Gasteiger partial charge on any atom is 0.288 e. The number of nitro benzene ring substituents is 1. The molecule has 0 aliphatic rings. The lowest BCUT2D eigenvalue weighted by Gasteiger charge is -2.22. The summed E-state index contributed by atoms with van der Waals surface area (Å²) in [6, 6.07) is 3.02. The molecule has 0 radical (unpaired) electrons. The maximum absolute atomic E-state index is 12.4. The molecule has 25 heavy (non-hydrogen) atoms. The number of amides is 2. The third-order valence-corrected chi connectivity index (χ3v) is 3.82. The van der Waals surface area contributed by atoms with Crippen LogP contribution in [0.15, 0.2) is 18.2 Å². The molecular formula is C16H23ClN4O4. The molecule has 1 aromatic carbocycles. The molecule has 0 heterocycles. The van der Waals surface area contributed by atoms with Gasteiger partial charge in [0, 0.05) is 24.7 Å². The molecule has 0 aromatic heterocycles. The van der Waals surface area contributed by atoms with Crippen LogP contribution in [0.5, 0.6) is 0 Å². The van der Waals surface area contributed by atoms with E-state index in [0.717, 1.165) is 6.07 Å². The van der Waals surface area contributed by atoms with E-state index in [0.29, 0.717) is 13.1 Å². The van der Waals surface area contributed by atoms with Crippen molar-refractivity contribution in [3.63, 3.8) is 0 Å². The summed E-state index contributed by atoms with van der Waals surface area (Å²) in [6.45, 7) is 4.74. The number of nitro groups is 1. The number of nitrogens with one attached hydrogen (secondary N) is 2. The van der Waals surface area contributed by atoms with Crippen molar-refractivity contribution in [3.05, 3.63) is 38.9 Å². The molecular weight excluding hydrogens is 348 g/mol. The van der Waals surface area contributed by atoms with Gasteiger partial charge in [-0.3, -0.25) is 19.7 Å². The quantitative estimate of drug-likeness (QED) is 0.535. The molecule has 0 fully saturated rings. The molecule has 9 heteroatoms. The second kappa shape index (κ2) is 9.33. The van der Waals surface area contributed by atoms with Gasteiger partial charge >= 0.3 is 0 Å². The number of carbonyl (C=O) groups excluding carboxylic acids is 2. The Kier molecular flexibility index (Phi) is 7.79. The Morgan fingerprint density at radius 2 is 1.96 bits per heavy atom. The lowest BCUT2D eigenvalue weighted by molar-refractivity contribution is -0.384. The highest BCUT2D eigenvalue weighted by Crippen LogP contribution is 2.25. The van der Waals surface area contributed by atoms with E-state index in [-0.39, 0.29) is 28.1 Å². The molecule has 1 aromatic rings. The maximum atomic E-state index is 12.4. The third-order valence-electron chi connectivity index (χ3n) is 3.50. The third kappa shape index (κ3) is 6.32. The van der Waals surface area contributed by atoms with Crippen LogP contribution in [0.1, 0.15) is 24.2 Å². The van der Waals surface area contributed by atoms with Gasteiger partial charge in [-0.15, -0.1) is 0 Å². The second-order valence-electron chi connectivity index (χ2n) is 6.21. The minimum Gasteiger partial charge on any atom is -0.353 e. The van der Waals surface area contributed by atoms with Crippen LogP contribution in [0.2, 0.25) is 5.02 Å². The highest BCUT2D eigenvalue weighted by Gasteiger charge is 2.25. The first-order valence-corrected chi connectivity index (χ1v) is 8.18. The first kappa shape index (κ1) is 20.9. The monoisotopic (exact) mass is 370 g/mol. The standard InChI is InChI=1S/C16H23ClN4O4/c1-10(2)14(16(23)18-7-8-20(3)4)19-15(22)11-5-6-12(17)13(9-11)21(24)25/h5-6,9-10,14H,7-8H2,1-4H3,(H,18,23)(H,19,22)/t14-/m0/s1. The zero-order valence-corrected chi connectivity index (χ0v) is 15.5. The van der Waals surface area contributed by atoms with Crippen LogP contribution in [0, 0.1) is 16.0 Å². The predicted octanol–water partition coefficient (Wildman–Crippen LogP) is 1.68. The fraction of sp³-hybridized carbons (Fsp3) is 0.500. The van der Waals surface area contributed by atoms with Crippen LogP contribution < -0.4 is 10.6 Å². The summed E-state index contributed by atoms with van der Waals surface area (Å²) >= 11 is 5.74. The van der Waals surface area contributed by atoms with Crippen molar-refractivity contribution < 1.29 is 14.5 Å². The van der Waals surface area contributed by atoms with Crippen molar-refractivity contribution in [2.75, 3.05) is 27.2 Å². The molecule has 0 saturated heterocycles. The van der Waals surface area contributed by atoms with Gasteiger partial charge in [0.25, 0.3) is 11.6 Å². The van der Waals surface area contributed by atoms with E-state index in [4.69, 9.17) is 11.6 Å². The number of halogens is 1. The van der Waals surface area contributed by atoms with Crippen molar-refractivity contribution in [1.29, 1.82) is 0 Å². The fourth-order valence-electron chi connectivity index (χ4n) is 2.07. The summed E-state index contributed by atoms with van der Waals surface area (Å²) < 4.78 is 0. The van der Waals surface area contributed by atoms with Crippen molar-refractivity contribution in [1.82, 2.24) is 15.5 Å². The van der Waals surface area contributed by atoms with Gasteiger partial charge in [0.05, 0.1) is 4.92 Å². The number of hydrogen-bond donors (Lipinski definition) is 2. The van der Waals surface area contributed by atoms with Crippen LogP contribution in [0.25, 0.3) is 0 Å². The lowest BCUT2D eigenvalue weighted by Crippen LogP contribution is -2.50. The Bertz CT molecular complexity index is 649. The number of carbonyl (C=O) groups is 2. The zero-order chi connectivity index (χ0) is 19.1. The van der Waals surface area contributed by atoms with Gasteiger partial charge in [0.15, 0.2) is 0 Å². The van der Waals surface area contributed by atoms with Crippen LogP contribution in [-0.2, 0) is 4.79 Å². The van der Waals surface area contributed by atoms with Crippen LogP contribution in [0.3, 0.4) is 0 Å². The molecule has 0 aliphatic carbocycles. The van der Waals surface area contributed by atoms with Crippen molar-refractivity contribution in [2.45, 2.75) is 19.9 Å². The minimum atomic E-state index is -0.746. The number of nitrogens with zero attached hydrogens (tertiary/aromatic N) is 2. The van der Waals surface area contributed by atoms with Gasteiger partial charge in [-0.05, 0) is 32.1 Å². The molecule has 0 aliphatic heterocycles. The molecule has 0 spiro atoms. The van der Waals surface area contributed by atoms with Crippen LogP contribution in [-0.4, -0.2) is 54.9 Å². The SMILES string of the molecule is CC(C)[C@H](NC(=O)c1ccc(Cl)c([N+](=O)[O-])c1)C(=O)NCCN(C)C. The molecule has 1 rings (SSSR count). The van der Waals surface area contributed by atoms with Crippen molar-refractivity contribution in [2.24, 2.45) is 5.92 Å². The lowest BCUT2D eigenvalue weighted by atomic mass is 10.0. The fourth-order valence-corrected chi connectivity index (χ4v) is 2.25. The molecule has 0 saturated carbocycles. The first-order chi connectivity index (χ1) is 11.6. The Hall–Kier alpha value is -2.19. The molecule has 2 amide bonds. The number of likely N-dealkylation sites (N-methyl/N-ethyl adjacent to an activating group) is 1. The molecule has 0 unspecified atom stereocenters. The van der Waals surface area contributed by atoms with E-state index in [2.05, 4.69) is 10.6 Å². The number of rotatable bonds is 8. The second-order valence-corrected chi connectivity index (χ2v) is 6.62. The summed E-state index contributed by atoms with van der Waals surface area (Å²) in [6.07, 6.45) is 0. The number of hydrogen-bond acceptors (Lipinski definition) is 5. The molecule has 138 valence electrons. The molecule has 1 atom stereocenters.